The van der Waals surface area contributed by atoms with E-state index in [9.17, 15) is 14.9 Å². The van der Waals surface area contributed by atoms with Gasteiger partial charge in [0.05, 0.1) is 32.8 Å². The molecule has 3 rings (SSSR count). The fourth-order valence-corrected chi connectivity index (χ4v) is 2.85. The summed E-state index contributed by atoms with van der Waals surface area (Å²) < 4.78 is 5.03. The number of nitro groups is 1. The molecule has 0 aliphatic heterocycles. The minimum Gasteiger partial charge on any atom is -0.462 e. The number of carbonyl (C=O) groups excluding carboxylic acids is 1. The van der Waals surface area contributed by atoms with Gasteiger partial charge in [-0.05, 0) is 37.3 Å². The molecule has 1 aromatic heterocycles. The number of rotatable bonds is 7. The van der Waals surface area contributed by atoms with Crippen molar-refractivity contribution in [3.8, 4) is 0 Å². The van der Waals surface area contributed by atoms with Gasteiger partial charge in [-0.2, -0.15) is 0 Å². The molecule has 0 bridgehead atoms. The Kier molecular flexibility index (Phi) is 6.65. The molecule has 0 unspecified atom stereocenters. The van der Waals surface area contributed by atoms with Gasteiger partial charge < -0.3 is 15.4 Å². The Labute approximate surface area is 181 Å². The summed E-state index contributed by atoms with van der Waals surface area (Å²) in [5, 5.41) is 18.1. The van der Waals surface area contributed by atoms with Gasteiger partial charge in [0.2, 0.25) is 11.6 Å². The molecule has 0 amide bonds. The molecular weight excluding hydrogens is 433 g/mol. The summed E-state index contributed by atoms with van der Waals surface area (Å²) in [5.41, 5.74) is 0.552. The van der Waals surface area contributed by atoms with Gasteiger partial charge in [-0.1, -0.05) is 35.3 Å². The monoisotopic (exact) mass is 447 g/mol. The standard InChI is InChI=1S/C19H15Cl2N5O4/c1-2-30-19(27)12-5-3-4-6-15(12)25-18-16(26(28)29)17(22-10-23-18)24-11-7-8-13(20)14(21)9-11/h3-10H,2H2,1H3,(H2,22,23,24,25). The van der Waals surface area contributed by atoms with Gasteiger partial charge >= 0.3 is 11.7 Å². The Hall–Kier alpha value is -3.43. The lowest BCUT2D eigenvalue weighted by atomic mass is 10.2. The van der Waals surface area contributed by atoms with Crippen LogP contribution in [0.3, 0.4) is 0 Å². The first kappa shape index (κ1) is 21.3. The zero-order valence-corrected chi connectivity index (χ0v) is 17.1. The van der Waals surface area contributed by atoms with Gasteiger partial charge in [0.15, 0.2) is 0 Å². The van der Waals surface area contributed by atoms with Crippen LogP contribution in [-0.2, 0) is 4.74 Å². The summed E-state index contributed by atoms with van der Waals surface area (Å²) in [6.45, 7) is 1.88. The van der Waals surface area contributed by atoms with E-state index in [-0.39, 0.29) is 28.8 Å². The summed E-state index contributed by atoms with van der Waals surface area (Å²) in [7, 11) is 0. The van der Waals surface area contributed by atoms with E-state index in [1.165, 1.54) is 6.07 Å². The number of hydrogen-bond donors (Lipinski definition) is 2. The summed E-state index contributed by atoms with van der Waals surface area (Å²) in [5.74, 6) is -0.731. The van der Waals surface area contributed by atoms with Crippen molar-refractivity contribution in [2.24, 2.45) is 0 Å². The van der Waals surface area contributed by atoms with Crippen LogP contribution >= 0.6 is 23.2 Å². The van der Waals surface area contributed by atoms with Crippen molar-refractivity contribution >= 4 is 57.9 Å². The second-order valence-electron chi connectivity index (χ2n) is 5.82. The molecule has 0 aliphatic carbocycles. The molecule has 9 nitrogen and oxygen atoms in total. The number of halogens is 2. The molecule has 30 heavy (non-hydrogen) atoms. The van der Waals surface area contributed by atoms with Gasteiger partial charge in [0, 0.05) is 5.69 Å². The highest BCUT2D eigenvalue weighted by atomic mass is 35.5. The number of para-hydroxylation sites is 1. The molecule has 154 valence electrons. The van der Waals surface area contributed by atoms with Crippen LogP contribution in [0.5, 0.6) is 0 Å². The molecule has 2 aromatic carbocycles. The molecule has 3 aromatic rings. The van der Waals surface area contributed by atoms with Crippen LogP contribution in [-0.4, -0.2) is 27.5 Å². The van der Waals surface area contributed by atoms with Crippen molar-refractivity contribution in [1.29, 1.82) is 0 Å². The molecule has 0 radical (unpaired) electrons. The number of nitrogens with one attached hydrogen (secondary N) is 2. The SMILES string of the molecule is CCOC(=O)c1ccccc1Nc1ncnc(Nc2ccc(Cl)c(Cl)c2)c1[N+](=O)[O-]. The molecule has 0 atom stereocenters. The van der Waals surface area contributed by atoms with E-state index >= 15 is 0 Å². The number of nitrogens with zero attached hydrogens (tertiary/aromatic N) is 3. The second kappa shape index (κ2) is 9.38. The number of hydrogen-bond acceptors (Lipinski definition) is 8. The van der Waals surface area contributed by atoms with Crippen LogP contribution in [0, 0.1) is 10.1 Å². The number of anilines is 4. The highest BCUT2D eigenvalue weighted by molar-refractivity contribution is 6.42. The van der Waals surface area contributed by atoms with Gasteiger partial charge in [0.1, 0.15) is 6.33 Å². The third kappa shape index (κ3) is 4.76. The predicted octanol–water partition coefficient (Wildman–Crippen LogP) is 5.36. The van der Waals surface area contributed by atoms with E-state index in [1.54, 1.807) is 43.3 Å². The van der Waals surface area contributed by atoms with Crippen LogP contribution in [0.4, 0.5) is 28.7 Å². The molecular formula is C19H15Cl2N5O4. The lowest BCUT2D eigenvalue weighted by Crippen LogP contribution is -2.10. The Morgan fingerprint density at radius 1 is 1.10 bits per heavy atom. The van der Waals surface area contributed by atoms with E-state index in [2.05, 4.69) is 20.6 Å². The second-order valence-corrected chi connectivity index (χ2v) is 6.64. The number of aromatic nitrogens is 2. The molecule has 0 saturated carbocycles. The lowest BCUT2D eigenvalue weighted by Gasteiger charge is -2.12. The summed E-state index contributed by atoms with van der Waals surface area (Å²) >= 11 is 11.9. The zero-order chi connectivity index (χ0) is 21.7. The largest absolute Gasteiger partial charge is 0.462 e. The Morgan fingerprint density at radius 2 is 1.80 bits per heavy atom. The number of ether oxygens (including phenoxy) is 1. The molecule has 0 aliphatic rings. The lowest BCUT2D eigenvalue weighted by molar-refractivity contribution is -0.383. The van der Waals surface area contributed by atoms with Gasteiger partial charge in [-0.25, -0.2) is 14.8 Å². The van der Waals surface area contributed by atoms with Gasteiger partial charge in [-0.3, -0.25) is 10.1 Å². The summed E-state index contributed by atoms with van der Waals surface area (Å²) in [6, 6.07) is 11.1. The molecule has 0 saturated heterocycles. The van der Waals surface area contributed by atoms with E-state index < -0.39 is 16.6 Å². The van der Waals surface area contributed by atoms with Crippen LogP contribution in [0.25, 0.3) is 0 Å². The molecule has 1 heterocycles. The molecule has 11 heteroatoms. The average Bonchev–Trinajstić information content (AvgIpc) is 2.71. The number of carbonyl (C=O) groups is 1. The van der Waals surface area contributed by atoms with Crippen LogP contribution < -0.4 is 10.6 Å². The predicted molar refractivity (Wildman–Crippen MR) is 114 cm³/mol. The maximum Gasteiger partial charge on any atom is 0.353 e. The highest BCUT2D eigenvalue weighted by Gasteiger charge is 2.25. The third-order valence-electron chi connectivity index (χ3n) is 3.86. The first-order chi connectivity index (χ1) is 14.4. The van der Waals surface area contributed by atoms with Crippen LogP contribution in [0.15, 0.2) is 48.8 Å². The van der Waals surface area contributed by atoms with Crippen molar-refractivity contribution in [2.75, 3.05) is 17.2 Å². The van der Waals surface area contributed by atoms with Crippen molar-refractivity contribution in [1.82, 2.24) is 9.97 Å². The zero-order valence-electron chi connectivity index (χ0n) is 15.6. The fraction of sp³-hybridized carbons (Fsp3) is 0.105. The summed E-state index contributed by atoms with van der Waals surface area (Å²) in [6.07, 6.45) is 1.15. The van der Waals surface area contributed by atoms with E-state index in [0.717, 1.165) is 6.33 Å². The van der Waals surface area contributed by atoms with Crippen molar-refractivity contribution < 1.29 is 14.5 Å². The number of esters is 1. The minimum atomic E-state index is -0.630. The molecule has 0 spiro atoms. The minimum absolute atomic E-state index is 0.0653. The first-order valence-corrected chi connectivity index (χ1v) is 9.41. The Morgan fingerprint density at radius 3 is 2.47 bits per heavy atom. The van der Waals surface area contributed by atoms with Crippen molar-refractivity contribution in [3.05, 3.63) is 74.5 Å². The quantitative estimate of drug-likeness (QED) is 0.282. The molecule has 0 fully saturated rings. The van der Waals surface area contributed by atoms with Gasteiger partial charge in [0.25, 0.3) is 0 Å². The van der Waals surface area contributed by atoms with E-state index in [1.807, 2.05) is 0 Å². The Balaban J connectivity index is 1.99. The van der Waals surface area contributed by atoms with E-state index in [0.29, 0.717) is 16.4 Å². The van der Waals surface area contributed by atoms with Crippen molar-refractivity contribution in [3.63, 3.8) is 0 Å². The normalized spacial score (nSPS) is 10.4. The maximum atomic E-state index is 12.2. The third-order valence-corrected chi connectivity index (χ3v) is 4.60. The fourth-order valence-electron chi connectivity index (χ4n) is 2.55. The first-order valence-electron chi connectivity index (χ1n) is 8.65. The average molecular weight is 448 g/mol. The topological polar surface area (TPSA) is 119 Å². The van der Waals surface area contributed by atoms with Gasteiger partial charge in [-0.15, -0.1) is 0 Å². The highest BCUT2D eigenvalue weighted by Crippen LogP contribution is 2.35. The number of benzene rings is 2. The molecule has 2 N–H and O–H groups in total. The smallest absolute Gasteiger partial charge is 0.353 e. The maximum absolute atomic E-state index is 12.2. The van der Waals surface area contributed by atoms with Crippen LogP contribution in [0.1, 0.15) is 17.3 Å². The summed E-state index contributed by atoms with van der Waals surface area (Å²) in [4.78, 5) is 31.3. The van der Waals surface area contributed by atoms with Crippen LogP contribution in [0.2, 0.25) is 10.0 Å². The van der Waals surface area contributed by atoms with Crippen molar-refractivity contribution in [2.45, 2.75) is 6.92 Å². The van der Waals surface area contributed by atoms with E-state index in [4.69, 9.17) is 27.9 Å². The Bertz CT molecular complexity index is 1110.